The summed E-state index contributed by atoms with van der Waals surface area (Å²) in [6.07, 6.45) is 0. The van der Waals surface area contributed by atoms with Crippen molar-refractivity contribution in [2.75, 3.05) is 11.1 Å². The molecule has 6 heteroatoms. The van der Waals surface area contributed by atoms with Crippen LogP contribution in [0.25, 0.3) is 0 Å². The first kappa shape index (κ1) is 14.3. The molecule has 0 saturated carbocycles. The van der Waals surface area contributed by atoms with Crippen molar-refractivity contribution in [1.82, 2.24) is 0 Å². The first-order chi connectivity index (χ1) is 10.1. The summed E-state index contributed by atoms with van der Waals surface area (Å²) in [7, 11) is 0. The molecule has 0 amide bonds. The van der Waals surface area contributed by atoms with Crippen molar-refractivity contribution in [2.45, 2.75) is 11.8 Å². The lowest BCUT2D eigenvalue weighted by molar-refractivity contribution is 0.457. The SMILES string of the molecule is Fc1cc(F)c(F)c(NC2CSCc3ccccc32)c1F. The largest absolute Gasteiger partial charge is 0.372 e. The van der Waals surface area contributed by atoms with Gasteiger partial charge in [0.25, 0.3) is 0 Å². The van der Waals surface area contributed by atoms with Gasteiger partial charge >= 0.3 is 0 Å². The number of fused-ring (bicyclic) bond motifs is 1. The normalized spacial score (nSPS) is 17.4. The van der Waals surface area contributed by atoms with Crippen molar-refractivity contribution in [3.05, 3.63) is 64.7 Å². The number of hydrogen-bond donors (Lipinski definition) is 1. The zero-order chi connectivity index (χ0) is 15.0. The van der Waals surface area contributed by atoms with Crippen LogP contribution >= 0.6 is 11.8 Å². The van der Waals surface area contributed by atoms with Gasteiger partial charge in [0.1, 0.15) is 5.69 Å². The average Bonchev–Trinajstić information content (AvgIpc) is 2.50. The molecule has 1 aliphatic rings. The highest BCUT2D eigenvalue weighted by molar-refractivity contribution is 7.98. The van der Waals surface area contributed by atoms with E-state index in [-0.39, 0.29) is 6.07 Å². The third-order valence-corrected chi connectivity index (χ3v) is 4.49. The first-order valence-electron chi connectivity index (χ1n) is 6.33. The van der Waals surface area contributed by atoms with E-state index < -0.39 is 35.0 Å². The number of hydrogen-bond acceptors (Lipinski definition) is 2. The fourth-order valence-electron chi connectivity index (χ4n) is 2.38. The molecule has 0 aliphatic carbocycles. The fraction of sp³-hybridized carbons (Fsp3) is 0.200. The summed E-state index contributed by atoms with van der Waals surface area (Å²) in [5.74, 6) is -4.25. The molecule has 110 valence electrons. The molecule has 2 aromatic rings. The lowest BCUT2D eigenvalue weighted by Gasteiger charge is -2.27. The predicted octanol–water partition coefficient (Wildman–Crippen LogP) is 4.64. The molecule has 1 aliphatic heterocycles. The van der Waals surface area contributed by atoms with Crippen LogP contribution in [0.5, 0.6) is 0 Å². The molecule has 21 heavy (non-hydrogen) atoms. The number of anilines is 1. The lowest BCUT2D eigenvalue weighted by atomic mass is 10.0. The van der Waals surface area contributed by atoms with Crippen molar-refractivity contribution in [3.63, 3.8) is 0 Å². The second-order valence-corrected chi connectivity index (χ2v) is 5.78. The third kappa shape index (κ3) is 2.60. The zero-order valence-corrected chi connectivity index (χ0v) is 11.6. The van der Waals surface area contributed by atoms with Gasteiger partial charge in [-0.05, 0) is 11.1 Å². The molecule has 0 spiro atoms. The fourth-order valence-corrected chi connectivity index (χ4v) is 3.47. The van der Waals surface area contributed by atoms with Crippen LogP contribution in [0.2, 0.25) is 0 Å². The number of benzene rings is 2. The molecule has 0 aromatic heterocycles. The van der Waals surface area contributed by atoms with E-state index in [1.807, 2.05) is 24.3 Å². The minimum absolute atomic E-state index is 0.208. The van der Waals surface area contributed by atoms with Crippen LogP contribution in [-0.2, 0) is 5.75 Å². The summed E-state index contributed by atoms with van der Waals surface area (Å²) in [4.78, 5) is 0. The average molecular weight is 313 g/mol. The highest BCUT2D eigenvalue weighted by atomic mass is 32.2. The van der Waals surface area contributed by atoms with Gasteiger partial charge in [-0.1, -0.05) is 24.3 Å². The highest BCUT2D eigenvalue weighted by Crippen LogP contribution is 2.35. The Labute approximate surface area is 123 Å². The molecule has 0 radical (unpaired) electrons. The molecule has 1 N–H and O–H groups in total. The van der Waals surface area contributed by atoms with Crippen LogP contribution in [0.3, 0.4) is 0 Å². The minimum Gasteiger partial charge on any atom is -0.372 e. The maximum Gasteiger partial charge on any atom is 0.185 e. The van der Waals surface area contributed by atoms with E-state index >= 15 is 0 Å². The van der Waals surface area contributed by atoms with Gasteiger partial charge in [0.2, 0.25) is 0 Å². The monoisotopic (exact) mass is 313 g/mol. The summed E-state index contributed by atoms with van der Waals surface area (Å²) in [6, 6.07) is 7.28. The van der Waals surface area contributed by atoms with Gasteiger partial charge in [0, 0.05) is 17.6 Å². The highest BCUT2D eigenvalue weighted by Gasteiger charge is 2.25. The molecule has 0 bridgehead atoms. The second kappa shape index (κ2) is 5.60. The Kier molecular flexibility index (Phi) is 3.80. The molecule has 3 rings (SSSR count). The van der Waals surface area contributed by atoms with Crippen molar-refractivity contribution in [1.29, 1.82) is 0 Å². The van der Waals surface area contributed by atoms with Crippen LogP contribution < -0.4 is 5.32 Å². The van der Waals surface area contributed by atoms with E-state index in [1.54, 1.807) is 11.8 Å². The van der Waals surface area contributed by atoms with E-state index in [0.717, 1.165) is 16.9 Å². The summed E-state index contributed by atoms with van der Waals surface area (Å²) >= 11 is 1.59. The standard InChI is InChI=1S/C15H11F4NS/c16-10-5-11(17)14(19)15(13(10)18)20-12-7-21-6-8-3-1-2-4-9(8)12/h1-5,12,20H,6-7H2. The van der Waals surface area contributed by atoms with Crippen LogP contribution in [0.1, 0.15) is 17.2 Å². The molecule has 1 atom stereocenters. The Morgan fingerprint density at radius 2 is 1.67 bits per heavy atom. The third-order valence-electron chi connectivity index (χ3n) is 3.40. The predicted molar refractivity (Wildman–Crippen MR) is 75.2 cm³/mol. The first-order valence-corrected chi connectivity index (χ1v) is 7.48. The molecule has 1 unspecified atom stereocenters. The summed E-state index contributed by atoms with van der Waals surface area (Å²) in [5, 5.41) is 2.60. The zero-order valence-electron chi connectivity index (χ0n) is 10.8. The van der Waals surface area contributed by atoms with Gasteiger partial charge in [-0.15, -0.1) is 0 Å². The molecule has 0 saturated heterocycles. The Morgan fingerprint density at radius 1 is 1.00 bits per heavy atom. The van der Waals surface area contributed by atoms with Gasteiger partial charge < -0.3 is 5.32 Å². The Balaban J connectivity index is 1.99. The van der Waals surface area contributed by atoms with E-state index in [2.05, 4.69) is 5.32 Å². The van der Waals surface area contributed by atoms with Crippen LogP contribution in [0.15, 0.2) is 30.3 Å². The number of nitrogens with one attached hydrogen (secondary N) is 1. The van der Waals surface area contributed by atoms with E-state index in [1.165, 1.54) is 0 Å². The van der Waals surface area contributed by atoms with Crippen LogP contribution in [-0.4, -0.2) is 5.75 Å². The molecule has 1 heterocycles. The van der Waals surface area contributed by atoms with Crippen molar-refractivity contribution in [2.24, 2.45) is 0 Å². The molecule has 1 nitrogen and oxygen atoms in total. The van der Waals surface area contributed by atoms with E-state index in [9.17, 15) is 17.6 Å². The summed E-state index contributed by atoms with van der Waals surface area (Å²) < 4.78 is 53.9. The quantitative estimate of drug-likeness (QED) is 0.640. The van der Waals surface area contributed by atoms with Crippen LogP contribution in [0, 0.1) is 23.3 Å². The number of rotatable bonds is 2. The smallest absolute Gasteiger partial charge is 0.185 e. The van der Waals surface area contributed by atoms with Gasteiger partial charge in [-0.2, -0.15) is 11.8 Å². The minimum atomic E-state index is -1.41. The van der Waals surface area contributed by atoms with Gasteiger partial charge in [-0.3, -0.25) is 0 Å². The summed E-state index contributed by atoms with van der Waals surface area (Å²) in [6.45, 7) is 0. The Hall–Kier alpha value is -1.69. The van der Waals surface area contributed by atoms with Crippen molar-refractivity contribution < 1.29 is 17.6 Å². The van der Waals surface area contributed by atoms with Crippen molar-refractivity contribution in [3.8, 4) is 0 Å². The Morgan fingerprint density at radius 3 is 2.38 bits per heavy atom. The van der Waals surface area contributed by atoms with Crippen LogP contribution in [0.4, 0.5) is 23.2 Å². The number of halogens is 4. The maximum atomic E-state index is 13.7. The van der Waals surface area contributed by atoms with Gasteiger partial charge in [0.05, 0.1) is 6.04 Å². The Bertz CT molecular complexity index is 663. The molecular formula is C15H11F4NS. The maximum absolute atomic E-state index is 13.7. The lowest BCUT2D eigenvalue weighted by Crippen LogP contribution is -2.20. The van der Waals surface area contributed by atoms with Crippen molar-refractivity contribution >= 4 is 17.4 Å². The molecular weight excluding hydrogens is 302 g/mol. The van der Waals surface area contributed by atoms with Gasteiger partial charge in [0.15, 0.2) is 23.3 Å². The summed E-state index contributed by atoms with van der Waals surface area (Å²) in [5.41, 5.74) is 1.18. The molecule has 2 aromatic carbocycles. The van der Waals surface area contributed by atoms with Gasteiger partial charge in [-0.25, -0.2) is 17.6 Å². The van der Waals surface area contributed by atoms with E-state index in [0.29, 0.717) is 5.75 Å². The number of thioether (sulfide) groups is 1. The second-order valence-electron chi connectivity index (χ2n) is 4.75. The molecule has 0 fully saturated rings. The van der Waals surface area contributed by atoms with E-state index in [4.69, 9.17) is 0 Å². The topological polar surface area (TPSA) is 12.0 Å².